The summed E-state index contributed by atoms with van der Waals surface area (Å²) in [6.45, 7) is 8.83. The second-order valence-electron chi connectivity index (χ2n) is 4.49. The van der Waals surface area contributed by atoms with Gasteiger partial charge >= 0.3 is 5.97 Å². The van der Waals surface area contributed by atoms with E-state index in [0.29, 0.717) is 19.1 Å². The van der Waals surface area contributed by atoms with Gasteiger partial charge < -0.3 is 4.74 Å². The molecular weight excluding hydrogens is 202 g/mol. The minimum Gasteiger partial charge on any atom is -0.465 e. The maximum atomic E-state index is 12.0. The largest absolute Gasteiger partial charge is 0.465 e. The van der Waals surface area contributed by atoms with Gasteiger partial charge in [-0.3, -0.25) is 10.1 Å². The molecule has 16 heavy (non-hydrogen) atoms. The molecule has 1 rings (SSSR count). The summed E-state index contributed by atoms with van der Waals surface area (Å²) >= 11 is 0. The first-order chi connectivity index (χ1) is 7.68. The number of hydrogen-bond donors (Lipinski definition) is 1. The predicted octanol–water partition coefficient (Wildman–Crippen LogP) is 2.27. The van der Waals surface area contributed by atoms with Crippen LogP contribution in [0.25, 0.3) is 0 Å². The van der Waals surface area contributed by atoms with Crippen LogP contribution in [-0.2, 0) is 9.53 Å². The molecule has 0 aromatic rings. The zero-order chi connectivity index (χ0) is 12.0. The molecule has 0 saturated heterocycles. The first-order valence-corrected chi connectivity index (χ1v) is 6.21. The van der Waals surface area contributed by atoms with Crippen LogP contribution in [0.2, 0.25) is 0 Å². The SMILES string of the molecule is C=CCNC1(C(=O)OCC)CCC(CC)C1. The molecule has 1 aliphatic rings. The lowest BCUT2D eigenvalue weighted by atomic mass is 9.95. The molecule has 92 valence electrons. The van der Waals surface area contributed by atoms with Gasteiger partial charge in [-0.2, -0.15) is 0 Å². The maximum Gasteiger partial charge on any atom is 0.326 e. The van der Waals surface area contributed by atoms with Crippen molar-refractivity contribution < 1.29 is 9.53 Å². The van der Waals surface area contributed by atoms with Gasteiger partial charge in [-0.25, -0.2) is 0 Å². The molecule has 0 heterocycles. The van der Waals surface area contributed by atoms with Crippen LogP contribution in [0.1, 0.15) is 39.5 Å². The monoisotopic (exact) mass is 225 g/mol. The Morgan fingerprint density at radius 3 is 2.88 bits per heavy atom. The van der Waals surface area contributed by atoms with Crippen LogP contribution in [-0.4, -0.2) is 24.7 Å². The lowest BCUT2D eigenvalue weighted by molar-refractivity contribution is -0.151. The molecule has 0 aliphatic heterocycles. The van der Waals surface area contributed by atoms with Gasteiger partial charge in [-0.05, 0) is 32.1 Å². The van der Waals surface area contributed by atoms with Crippen LogP contribution in [0.15, 0.2) is 12.7 Å². The van der Waals surface area contributed by atoms with E-state index in [9.17, 15) is 4.79 Å². The third-order valence-electron chi connectivity index (χ3n) is 3.44. The van der Waals surface area contributed by atoms with Crippen LogP contribution < -0.4 is 5.32 Å². The number of nitrogens with one attached hydrogen (secondary N) is 1. The summed E-state index contributed by atoms with van der Waals surface area (Å²) in [5.41, 5.74) is -0.453. The summed E-state index contributed by atoms with van der Waals surface area (Å²) in [5.74, 6) is 0.550. The Morgan fingerprint density at radius 1 is 1.62 bits per heavy atom. The van der Waals surface area contributed by atoms with E-state index < -0.39 is 5.54 Å². The van der Waals surface area contributed by atoms with E-state index in [1.807, 2.05) is 6.92 Å². The van der Waals surface area contributed by atoms with Crippen molar-refractivity contribution in [2.45, 2.75) is 45.1 Å². The van der Waals surface area contributed by atoms with Gasteiger partial charge in [0.05, 0.1) is 6.61 Å². The highest BCUT2D eigenvalue weighted by atomic mass is 16.5. The van der Waals surface area contributed by atoms with Crippen molar-refractivity contribution in [1.82, 2.24) is 5.32 Å². The number of hydrogen-bond acceptors (Lipinski definition) is 3. The topological polar surface area (TPSA) is 38.3 Å². The van der Waals surface area contributed by atoms with E-state index in [4.69, 9.17) is 4.74 Å². The van der Waals surface area contributed by atoms with Crippen molar-refractivity contribution in [2.75, 3.05) is 13.2 Å². The van der Waals surface area contributed by atoms with Crippen molar-refractivity contribution in [3.8, 4) is 0 Å². The molecule has 2 atom stereocenters. The molecule has 1 fully saturated rings. The molecule has 0 amide bonds. The van der Waals surface area contributed by atoms with Gasteiger partial charge in [0.15, 0.2) is 0 Å². The number of rotatable bonds is 6. The Morgan fingerprint density at radius 2 is 2.38 bits per heavy atom. The molecule has 1 saturated carbocycles. The molecule has 3 nitrogen and oxygen atoms in total. The number of carbonyl (C=O) groups is 1. The number of esters is 1. The normalized spacial score (nSPS) is 29.0. The van der Waals surface area contributed by atoms with Crippen LogP contribution in [0.4, 0.5) is 0 Å². The Kier molecular flexibility index (Phi) is 5.00. The van der Waals surface area contributed by atoms with Gasteiger partial charge in [0.25, 0.3) is 0 Å². The Labute approximate surface area is 98.2 Å². The van der Waals surface area contributed by atoms with E-state index in [1.54, 1.807) is 6.08 Å². The average molecular weight is 225 g/mol. The summed E-state index contributed by atoms with van der Waals surface area (Å²) in [5, 5.41) is 3.30. The Bertz CT molecular complexity index is 252. The fraction of sp³-hybridized carbons (Fsp3) is 0.769. The van der Waals surface area contributed by atoms with Gasteiger partial charge in [-0.1, -0.05) is 19.4 Å². The van der Waals surface area contributed by atoms with Gasteiger partial charge in [0.2, 0.25) is 0 Å². The highest BCUT2D eigenvalue weighted by Crippen LogP contribution is 2.37. The molecule has 1 aliphatic carbocycles. The van der Waals surface area contributed by atoms with E-state index in [0.717, 1.165) is 25.7 Å². The number of carbonyl (C=O) groups excluding carboxylic acids is 1. The maximum absolute atomic E-state index is 12.0. The van der Waals surface area contributed by atoms with Crippen LogP contribution in [0.3, 0.4) is 0 Å². The van der Waals surface area contributed by atoms with E-state index in [2.05, 4.69) is 18.8 Å². The van der Waals surface area contributed by atoms with Crippen molar-refractivity contribution in [3.05, 3.63) is 12.7 Å². The second-order valence-corrected chi connectivity index (χ2v) is 4.49. The van der Waals surface area contributed by atoms with E-state index in [-0.39, 0.29) is 5.97 Å². The molecule has 0 spiro atoms. The second kappa shape index (κ2) is 6.04. The lowest BCUT2D eigenvalue weighted by Crippen LogP contribution is -2.51. The van der Waals surface area contributed by atoms with Crippen molar-refractivity contribution in [2.24, 2.45) is 5.92 Å². The average Bonchev–Trinajstić information content (AvgIpc) is 2.72. The van der Waals surface area contributed by atoms with Crippen molar-refractivity contribution in [1.29, 1.82) is 0 Å². The molecule has 0 radical (unpaired) electrons. The molecule has 0 aromatic carbocycles. The van der Waals surface area contributed by atoms with E-state index in [1.165, 1.54) is 0 Å². The molecule has 0 bridgehead atoms. The van der Waals surface area contributed by atoms with Gasteiger partial charge in [-0.15, -0.1) is 6.58 Å². The standard InChI is InChI=1S/C13H23NO2/c1-4-9-14-13(12(15)16-6-3)8-7-11(5-2)10-13/h4,11,14H,1,5-10H2,2-3H3. The quantitative estimate of drug-likeness (QED) is 0.556. The van der Waals surface area contributed by atoms with Crippen LogP contribution >= 0.6 is 0 Å². The first kappa shape index (κ1) is 13.2. The molecule has 3 heteroatoms. The van der Waals surface area contributed by atoms with Gasteiger partial charge in [0.1, 0.15) is 5.54 Å². The molecular formula is C13H23NO2. The lowest BCUT2D eigenvalue weighted by Gasteiger charge is -2.27. The summed E-state index contributed by atoms with van der Waals surface area (Å²) in [6.07, 6.45) is 5.82. The summed E-state index contributed by atoms with van der Waals surface area (Å²) < 4.78 is 5.18. The summed E-state index contributed by atoms with van der Waals surface area (Å²) in [6, 6.07) is 0. The summed E-state index contributed by atoms with van der Waals surface area (Å²) in [7, 11) is 0. The summed E-state index contributed by atoms with van der Waals surface area (Å²) in [4.78, 5) is 12.0. The van der Waals surface area contributed by atoms with Crippen LogP contribution in [0, 0.1) is 5.92 Å². The minimum atomic E-state index is -0.453. The zero-order valence-corrected chi connectivity index (χ0v) is 10.4. The smallest absolute Gasteiger partial charge is 0.326 e. The Balaban J connectivity index is 2.69. The fourth-order valence-electron chi connectivity index (χ4n) is 2.45. The third kappa shape index (κ3) is 2.85. The predicted molar refractivity (Wildman–Crippen MR) is 65.2 cm³/mol. The molecule has 0 aromatic heterocycles. The highest BCUT2D eigenvalue weighted by molar-refractivity contribution is 5.81. The van der Waals surface area contributed by atoms with Crippen LogP contribution in [0.5, 0.6) is 0 Å². The first-order valence-electron chi connectivity index (χ1n) is 6.21. The fourth-order valence-corrected chi connectivity index (χ4v) is 2.45. The van der Waals surface area contributed by atoms with Gasteiger partial charge in [0, 0.05) is 6.54 Å². The van der Waals surface area contributed by atoms with Crippen molar-refractivity contribution in [3.63, 3.8) is 0 Å². The third-order valence-corrected chi connectivity index (χ3v) is 3.44. The number of ether oxygens (including phenoxy) is 1. The zero-order valence-electron chi connectivity index (χ0n) is 10.4. The van der Waals surface area contributed by atoms with Crippen molar-refractivity contribution >= 4 is 5.97 Å². The minimum absolute atomic E-state index is 0.0900. The Hall–Kier alpha value is -0.830. The molecule has 1 N–H and O–H groups in total. The molecule has 2 unspecified atom stereocenters. The van der Waals surface area contributed by atoms with E-state index >= 15 is 0 Å². The highest BCUT2D eigenvalue weighted by Gasteiger charge is 2.45.